The van der Waals surface area contributed by atoms with Gasteiger partial charge in [0, 0.05) is 11.9 Å². The van der Waals surface area contributed by atoms with Crippen molar-refractivity contribution in [2.75, 3.05) is 0 Å². The molecule has 0 aliphatic rings. The molecular formula is C6H8IN. The summed E-state index contributed by atoms with van der Waals surface area (Å²) in [5.41, 5.74) is 2.64. The lowest BCUT2D eigenvalue weighted by atomic mass is 10.4. The van der Waals surface area contributed by atoms with E-state index in [0.717, 1.165) is 0 Å². The molecule has 0 spiro atoms. The standard InChI is InChI=1S/C6H8IN/c1-5-3-6(2)8(7)4-5/h3-4H,1-2H3. The highest BCUT2D eigenvalue weighted by Crippen LogP contribution is 2.08. The highest BCUT2D eigenvalue weighted by atomic mass is 127. The van der Waals surface area contributed by atoms with E-state index >= 15 is 0 Å². The van der Waals surface area contributed by atoms with Crippen molar-refractivity contribution in [3.8, 4) is 0 Å². The topological polar surface area (TPSA) is 4.93 Å². The van der Waals surface area contributed by atoms with E-state index < -0.39 is 0 Å². The average molecular weight is 221 g/mol. The van der Waals surface area contributed by atoms with Crippen LogP contribution in [0.4, 0.5) is 0 Å². The highest BCUT2D eigenvalue weighted by molar-refractivity contribution is 14.1. The minimum absolute atomic E-state index is 1.31. The van der Waals surface area contributed by atoms with Gasteiger partial charge in [-0.1, -0.05) is 0 Å². The van der Waals surface area contributed by atoms with Gasteiger partial charge in [0.1, 0.15) is 0 Å². The number of hydrogen-bond donors (Lipinski definition) is 0. The molecule has 2 heteroatoms. The van der Waals surface area contributed by atoms with Crippen molar-refractivity contribution >= 4 is 22.9 Å². The van der Waals surface area contributed by atoms with Gasteiger partial charge < -0.3 is 0 Å². The van der Waals surface area contributed by atoms with Gasteiger partial charge in [-0.05, 0) is 25.5 Å². The van der Waals surface area contributed by atoms with E-state index in [2.05, 4.69) is 51.8 Å². The smallest absolute Gasteiger partial charge is 0.0637 e. The molecule has 0 aliphatic carbocycles. The maximum atomic E-state index is 2.26. The summed E-state index contributed by atoms with van der Waals surface area (Å²) in [6.07, 6.45) is 2.11. The normalized spacial score (nSPS) is 9.88. The maximum Gasteiger partial charge on any atom is 0.0637 e. The SMILES string of the molecule is Cc1cc(C)n(I)c1. The molecule has 1 heterocycles. The molecule has 0 amide bonds. The fraction of sp³-hybridized carbons (Fsp3) is 0.333. The predicted octanol–water partition coefficient (Wildman–Crippen LogP) is 2.30. The molecule has 0 fully saturated rings. The molecule has 1 rings (SSSR count). The van der Waals surface area contributed by atoms with E-state index in [1.165, 1.54) is 11.3 Å². The lowest BCUT2D eigenvalue weighted by Crippen LogP contribution is -1.74. The predicted molar refractivity (Wildman–Crippen MR) is 43.3 cm³/mol. The van der Waals surface area contributed by atoms with Crippen LogP contribution < -0.4 is 0 Å². The maximum absolute atomic E-state index is 2.26. The first kappa shape index (κ1) is 6.13. The van der Waals surface area contributed by atoms with Gasteiger partial charge in [0.05, 0.1) is 22.9 Å². The largest absolute Gasteiger partial charge is 0.294 e. The summed E-state index contributed by atoms with van der Waals surface area (Å²) >= 11 is 2.26. The van der Waals surface area contributed by atoms with Crippen molar-refractivity contribution in [1.29, 1.82) is 0 Å². The van der Waals surface area contributed by atoms with E-state index in [1.807, 2.05) is 0 Å². The van der Waals surface area contributed by atoms with Crippen molar-refractivity contribution in [3.05, 3.63) is 23.5 Å². The number of aryl methyl sites for hydroxylation is 2. The molecular weight excluding hydrogens is 213 g/mol. The Morgan fingerprint density at radius 3 is 2.25 bits per heavy atom. The van der Waals surface area contributed by atoms with Gasteiger partial charge >= 0.3 is 0 Å². The summed E-state index contributed by atoms with van der Waals surface area (Å²) in [4.78, 5) is 0. The van der Waals surface area contributed by atoms with Crippen LogP contribution in [0.15, 0.2) is 12.3 Å². The van der Waals surface area contributed by atoms with Crippen LogP contribution in [0.1, 0.15) is 11.3 Å². The summed E-state index contributed by atoms with van der Waals surface area (Å²) < 4.78 is 2.09. The fourth-order valence-corrected chi connectivity index (χ4v) is 1.29. The van der Waals surface area contributed by atoms with Gasteiger partial charge in [-0.25, -0.2) is 0 Å². The van der Waals surface area contributed by atoms with Gasteiger partial charge in [0.15, 0.2) is 0 Å². The molecule has 1 aromatic rings. The molecule has 44 valence electrons. The Morgan fingerprint density at radius 2 is 2.12 bits per heavy atom. The molecule has 0 bridgehead atoms. The Kier molecular flexibility index (Phi) is 1.60. The second kappa shape index (κ2) is 2.09. The second-order valence-electron chi connectivity index (χ2n) is 1.97. The Bertz CT molecular complexity index is 171. The van der Waals surface area contributed by atoms with E-state index in [0.29, 0.717) is 0 Å². The van der Waals surface area contributed by atoms with Gasteiger partial charge in [0.2, 0.25) is 0 Å². The lowest BCUT2D eigenvalue weighted by Gasteiger charge is -1.86. The van der Waals surface area contributed by atoms with Crippen LogP contribution >= 0.6 is 22.9 Å². The lowest BCUT2D eigenvalue weighted by molar-refractivity contribution is 1.23. The van der Waals surface area contributed by atoms with Crippen LogP contribution in [0.25, 0.3) is 0 Å². The number of nitrogens with zero attached hydrogens (tertiary/aromatic N) is 1. The van der Waals surface area contributed by atoms with Crippen molar-refractivity contribution in [2.24, 2.45) is 0 Å². The molecule has 0 aliphatic heterocycles. The summed E-state index contributed by atoms with van der Waals surface area (Å²) in [5.74, 6) is 0. The Hall–Kier alpha value is 0.01000. The van der Waals surface area contributed by atoms with Crippen LogP contribution in [0.5, 0.6) is 0 Å². The van der Waals surface area contributed by atoms with Gasteiger partial charge in [-0.2, -0.15) is 0 Å². The first-order valence-electron chi connectivity index (χ1n) is 2.52. The molecule has 8 heavy (non-hydrogen) atoms. The zero-order valence-electron chi connectivity index (χ0n) is 4.98. The summed E-state index contributed by atoms with van der Waals surface area (Å²) in [7, 11) is 0. The van der Waals surface area contributed by atoms with Crippen molar-refractivity contribution in [3.63, 3.8) is 0 Å². The third-order valence-corrected chi connectivity index (χ3v) is 2.13. The van der Waals surface area contributed by atoms with Gasteiger partial charge in [0.25, 0.3) is 0 Å². The summed E-state index contributed by atoms with van der Waals surface area (Å²) in [5, 5.41) is 0. The summed E-state index contributed by atoms with van der Waals surface area (Å²) in [6, 6.07) is 2.16. The third-order valence-electron chi connectivity index (χ3n) is 1.09. The average Bonchev–Trinajstić information content (AvgIpc) is 1.85. The van der Waals surface area contributed by atoms with Crippen LogP contribution in [0.3, 0.4) is 0 Å². The van der Waals surface area contributed by atoms with Crippen LogP contribution in [0, 0.1) is 13.8 Å². The van der Waals surface area contributed by atoms with Crippen molar-refractivity contribution < 1.29 is 0 Å². The zero-order chi connectivity index (χ0) is 6.15. The minimum atomic E-state index is 1.31. The molecule has 0 atom stereocenters. The van der Waals surface area contributed by atoms with Crippen LogP contribution in [-0.4, -0.2) is 2.78 Å². The van der Waals surface area contributed by atoms with Crippen LogP contribution in [-0.2, 0) is 0 Å². The van der Waals surface area contributed by atoms with Gasteiger partial charge in [-0.3, -0.25) is 2.78 Å². The molecule has 0 aromatic carbocycles. The van der Waals surface area contributed by atoms with Crippen LogP contribution in [0.2, 0.25) is 0 Å². The second-order valence-corrected chi connectivity index (χ2v) is 3.01. The van der Waals surface area contributed by atoms with E-state index in [1.54, 1.807) is 0 Å². The number of aromatic nitrogens is 1. The first-order chi connectivity index (χ1) is 3.70. The number of halogens is 1. The van der Waals surface area contributed by atoms with E-state index in [9.17, 15) is 0 Å². The molecule has 0 unspecified atom stereocenters. The monoisotopic (exact) mass is 221 g/mol. The highest BCUT2D eigenvalue weighted by Gasteiger charge is 1.91. The quantitative estimate of drug-likeness (QED) is 0.592. The molecule has 1 nitrogen and oxygen atoms in total. The fourth-order valence-electron chi connectivity index (χ4n) is 0.709. The molecule has 0 saturated carbocycles. The number of hydrogen-bond acceptors (Lipinski definition) is 0. The minimum Gasteiger partial charge on any atom is -0.294 e. The number of rotatable bonds is 0. The summed E-state index contributed by atoms with van der Waals surface area (Å²) in [6.45, 7) is 4.20. The Morgan fingerprint density at radius 1 is 1.50 bits per heavy atom. The first-order valence-corrected chi connectivity index (χ1v) is 3.48. The third kappa shape index (κ3) is 1.05. The molecule has 0 N–H and O–H groups in total. The van der Waals surface area contributed by atoms with E-state index in [4.69, 9.17) is 0 Å². The Labute approximate surface area is 63.2 Å². The van der Waals surface area contributed by atoms with Crippen molar-refractivity contribution in [1.82, 2.24) is 2.78 Å². The van der Waals surface area contributed by atoms with Gasteiger partial charge in [-0.15, -0.1) is 0 Å². The molecule has 0 radical (unpaired) electrons. The molecule has 0 saturated heterocycles. The zero-order valence-corrected chi connectivity index (χ0v) is 7.14. The van der Waals surface area contributed by atoms with Crippen molar-refractivity contribution in [2.45, 2.75) is 13.8 Å². The Balaban J connectivity index is 3.14. The van der Waals surface area contributed by atoms with E-state index in [-0.39, 0.29) is 0 Å². The molecule has 1 aromatic heterocycles.